The molecule has 0 saturated heterocycles. The zero-order valence-corrected chi connectivity index (χ0v) is 7.09. The van der Waals surface area contributed by atoms with E-state index in [9.17, 15) is 0 Å². The summed E-state index contributed by atoms with van der Waals surface area (Å²) in [6.07, 6.45) is 0. The van der Waals surface area contributed by atoms with Gasteiger partial charge in [-0.15, -0.1) is 12.6 Å². The zero-order chi connectivity index (χ0) is 8.27. The summed E-state index contributed by atoms with van der Waals surface area (Å²) in [6.45, 7) is 0.478. The Morgan fingerprint density at radius 3 is 2.27 bits per heavy atom. The summed E-state index contributed by atoms with van der Waals surface area (Å²) >= 11 is 4.16. The molecule has 0 aromatic heterocycles. The zero-order valence-electron chi connectivity index (χ0n) is 6.20. The summed E-state index contributed by atoms with van der Waals surface area (Å²) in [5, 5.41) is 0. The summed E-state index contributed by atoms with van der Waals surface area (Å²) in [4.78, 5) is 0.943. The first kappa shape index (κ1) is 8.59. The molecular formula is C8H12N2S. The molecule has 0 amide bonds. The Balaban J connectivity index is 2.81. The van der Waals surface area contributed by atoms with Gasteiger partial charge in [-0.05, 0) is 17.7 Å². The van der Waals surface area contributed by atoms with Crippen LogP contribution in [0.1, 0.15) is 11.6 Å². The van der Waals surface area contributed by atoms with Gasteiger partial charge in [0, 0.05) is 17.5 Å². The lowest BCUT2D eigenvalue weighted by Crippen LogP contribution is -2.20. The number of hydrogen-bond donors (Lipinski definition) is 3. The van der Waals surface area contributed by atoms with Gasteiger partial charge in [0.15, 0.2) is 0 Å². The first-order chi connectivity index (χ1) is 5.24. The van der Waals surface area contributed by atoms with Crippen LogP contribution in [0.5, 0.6) is 0 Å². The molecule has 0 bridgehead atoms. The Bertz CT molecular complexity index is 220. The smallest absolute Gasteiger partial charge is 0.0419 e. The fourth-order valence-corrected chi connectivity index (χ4v) is 1.01. The molecule has 1 atom stereocenters. The van der Waals surface area contributed by atoms with E-state index in [0.717, 1.165) is 10.5 Å². The Morgan fingerprint density at radius 1 is 1.27 bits per heavy atom. The lowest BCUT2D eigenvalue weighted by atomic mass is 10.1. The Kier molecular flexibility index (Phi) is 2.93. The van der Waals surface area contributed by atoms with Gasteiger partial charge in [-0.25, -0.2) is 0 Å². The average molecular weight is 168 g/mol. The fourth-order valence-electron chi connectivity index (χ4n) is 0.858. The van der Waals surface area contributed by atoms with Gasteiger partial charge >= 0.3 is 0 Å². The molecule has 0 aliphatic heterocycles. The van der Waals surface area contributed by atoms with Crippen molar-refractivity contribution in [3.05, 3.63) is 29.8 Å². The number of thiol groups is 1. The van der Waals surface area contributed by atoms with Crippen molar-refractivity contribution < 1.29 is 0 Å². The molecule has 4 N–H and O–H groups in total. The summed E-state index contributed by atoms with van der Waals surface area (Å²) in [5.74, 6) is 0. The molecule has 0 spiro atoms. The first-order valence-electron chi connectivity index (χ1n) is 3.48. The molecule has 0 aliphatic carbocycles. The van der Waals surface area contributed by atoms with E-state index in [1.54, 1.807) is 0 Å². The van der Waals surface area contributed by atoms with E-state index < -0.39 is 0 Å². The second-order valence-corrected chi connectivity index (χ2v) is 2.95. The molecule has 11 heavy (non-hydrogen) atoms. The monoisotopic (exact) mass is 168 g/mol. The molecule has 0 saturated carbocycles. The van der Waals surface area contributed by atoms with Crippen LogP contribution >= 0.6 is 12.6 Å². The molecule has 1 rings (SSSR count). The molecule has 2 nitrogen and oxygen atoms in total. The van der Waals surface area contributed by atoms with Gasteiger partial charge in [0.1, 0.15) is 0 Å². The van der Waals surface area contributed by atoms with Crippen molar-refractivity contribution in [1.82, 2.24) is 0 Å². The lowest BCUT2D eigenvalue weighted by Gasteiger charge is -2.07. The van der Waals surface area contributed by atoms with Crippen LogP contribution < -0.4 is 11.5 Å². The van der Waals surface area contributed by atoms with Gasteiger partial charge in [0.05, 0.1) is 0 Å². The molecule has 0 unspecified atom stereocenters. The lowest BCUT2D eigenvalue weighted by molar-refractivity contribution is 0.736. The van der Waals surface area contributed by atoms with Crippen molar-refractivity contribution in [3.8, 4) is 0 Å². The average Bonchev–Trinajstić information content (AvgIpc) is 2.05. The maximum absolute atomic E-state index is 5.69. The highest BCUT2D eigenvalue weighted by atomic mass is 32.1. The molecule has 60 valence electrons. The van der Waals surface area contributed by atoms with E-state index in [0.29, 0.717) is 6.54 Å². The Morgan fingerprint density at radius 2 is 1.82 bits per heavy atom. The largest absolute Gasteiger partial charge is 0.329 e. The van der Waals surface area contributed by atoms with Crippen molar-refractivity contribution in [2.75, 3.05) is 6.54 Å². The quantitative estimate of drug-likeness (QED) is 0.575. The van der Waals surface area contributed by atoms with Crippen LogP contribution in [0.15, 0.2) is 29.2 Å². The topological polar surface area (TPSA) is 52.0 Å². The summed E-state index contributed by atoms with van der Waals surface area (Å²) in [7, 11) is 0. The van der Waals surface area contributed by atoms with Crippen LogP contribution in [0.2, 0.25) is 0 Å². The van der Waals surface area contributed by atoms with Crippen LogP contribution in [0.3, 0.4) is 0 Å². The van der Waals surface area contributed by atoms with Crippen LogP contribution in [-0.2, 0) is 0 Å². The molecule has 0 radical (unpaired) electrons. The van der Waals surface area contributed by atoms with Gasteiger partial charge in [-0.1, -0.05) is 12.1 Å². The minimum Gasteiger partial charge on any atom is -0.329 e. The van der Waals surface area contributed by atoms with Gasteiger partial charge in [-0.3, -0.25) is 0 Å². The maximum Gasteiger partial charge on any atom is 0.0419 e. The van der Waals surface area contributed by atoms with Crippen molar-refractivity contribution in [3.63, 3.8) is 0 Å². The van der Waals surface area contributed by atoms with E-state index in [1.807, 2.05) is 24.3 Å². The molecule has 0 heterocycles. The number of rotatable bonds is 2. The van der Waals surface area contributed by atoms with Gasteiger partial charge in [0.2, 0.25) is 0 Å². The highest BCUT2D eigenvalue weighted by Gasteiger charge is 2.00. The minimum absolute atomic E-state index is 0.0519. The first-order valence-corrected chi connectivity index (χ1v) is 3.93. The minimum atomic E-state index is -0.0519. The van der Waals surface area contributed by atoms with Crippen LogP contribution in [-0.4, -0.2) is 6.54 Å². The molecular weight excluding hydrogens is 156 g/mol. The molecule has 3 heteroatoms. The number of hydrogen-bond acceptors (Lipinski definition) is 3. The van der Waals surface area contributed by atoms with Gasteiger partial charge in [-0.2, -0.15) is 0 Å². The molecule has 0 aliphatic rings. The second-order valence-electron chi connectivity index (χ2n) is 2.43. The van der Waals surface area contributed by atoms with E-state index in [1.165, 1.54) is 0 Å². The molecule has 1 aromatic rings. The van der Waals surface area contributed by atoms with E-state index in [-0.39, 0.29) is 6.04 Å². The SMILES string of the molecule is NC[C@@H](N)c1ccc(S)cc1. The summed E-state index contributed by atoms with van der Waals surface area (Å²) in [5.41, 5.74) is 12.2. The molecule has 0 fully saturated rings. The van der Waals surface area contributed by atoms with Crippen LogP contribution in [0, 0.1) is 0 Å². The predicted octanol–water partition coefficient (Wildman–Crippen LogP) is 0.934. The van der Waals surface area contributed by atoms with Crippen LogP contribution in [0.25, 0.3) is 0 Å². The third-order valence-electron chi connectivity index (χ3n) is 1.58. The second kappa shape index (κ2) is 3.76. The Hall–Kier alpha value is -0.510. The summed E-state index contributed by atoms with van der Waals surface area (Å²) < 4.78 is 0. The third kappa shape index (κ3) is 2.22. The van der Waals surface area contributed by atoms with Gasteiger partial charge in [0.25, 0.3) is 0 Å². The molecule has 1 aromatic carbocycles. The van der Waals surface area contributed by atoms with Crippen molar-refractivity contribution in [1.29, 1.82) is 0 Å². The number of benzene rings is 1. The third-order valence-corrected chi connectivity index (χ3v) is 1.87. The van der Waals surface area contributed by atoms with Crippen molar-refractivity contribution in [2.45, 2.75) is 10.9 Å². The van der Waals surface area contributed by atoms with Gasteiger partial charge < -0.3 is 11.5 Å². The fraction of sp³-hybridized carbons (Fsp3) is 0.250. The standard InChI is InChI=1S/C8H12N2S/c9-5-8(10)6-1-3-7(11)4-2-6/h1-4,8,11H,5,9-10H2/t8-/m1/s1. The van der Waals surface area contributed by atoms with E-state index >= 15 is 0 Å². The van der Waals surface area contributed by atoms with E-state index in [4.69, 9.17) is 11.5 Å². The van der Waals surface area contributed by atoms with Crippen LogP contribution in [0.4, 0.5) is 0 Å². The predicted molar refractivity (Wildman–Crippen MR) is 49.7 cm³/mol. The van der Waals surface area contributed by atoms with Crippen molar-refractivity contribution >= 4 is 12.6 Å². The van der Waals surface area contributed by atoms with E-state index in [2.05, 4.69) is 12.6 Å². The number of nitrogens with two attached hydrogens (primary N) is 2. The maximum atomic E-state index is 5.69. The highest BCUT2D eigenvalue weighted by Crippen LogP contribution is 2.12. The summed E-state index contributed by atoms with van der Waals surface area (Å²) in [6, 6.07) is 7.66. The Labute approximate surface area is 72.0 Å². The normalized spacial score (nSPS) is 13.0. The highest BCUT2D eigenvalue weighted by molar-refractivity contribution is 7.80. The van der Waals surface area contributed by atoms with Crippen molar-refractivity contribution in [2.24, 2.45) is 11.5 Å².